The Hall–Kier alpha value is -0.840. The molecule has 4 nitrogen and oxygen atoms in total. The fourth-order valence-electron chi connectivity index (χ4n) is 2.69. The van der Waals surface area contributed by atoms with Crippen LogP contribution in [0.3, 0.4) is 0 Å². The zero-order valence-corrected chi connectivity index (χ0v) is 12.3. The van der Waals surface area contributed by atoms with Gasteiger partial charge < -0.3 is 10.4 Å². The van der Waals surface area contributed by atoms with Crippen LogP contribution in [0, 0.1) is 0 Å². The van der Waals surface area contributed by atoms with Crippen LogP contribution in [-0.4, -0.2) is 41.2 Å². The van der Waals surface area contributed by atoms with Gasteiger partial charge in [0.15, 0.2) is 0 Å². The lowest BCUT2D eigenvalue weighted by Gasteiger charge is -2.35. The highest BCUT2D eigenvalue weighted by Crippen LogP contribution is 2.25. The zero-order valence-electron chi connectivity index (χ0n) is 11.6. The van der Waals surface area contributed by atoms with Crippen LogP contribution in [0.4, 0.5) is 5.82 Å². The second-order valence-electron chi connectivity index (χ2n) is 5.21. The quantitative estimate of drug-likeness (QED) is 0.891. The van der Waals surface area contributed by atoms with Crippen LogP contribution in [0.25, 0.3) is 0 Å². The maximum absolute atomic E-state index is 10.1. The van der Waals surface area contributed by atoms with Gasteiger partial charge in [0.25, 0.3) is 0 Å². The average molecular weight is 284 g/mol. The molecule has 2 atom stereocenters. The van der Waals surface area contributed by atoms with Crippen LogP contribution in [-0.2, 0) is 6.54 Å². The summed E-state index contributed by atoms with van der Waals surface area (Å²) in [5.74, 6) is 0.817. The van der Waals surface area contributed by atoms with Gasteiger partial charge in [-0.25, -0.2) is 4.98 Å². The van der Waals surface area contributed by atoms with Crippen molar-refractivity contribution in [1.82, 2.24) is 9.88 Å². The van der Waals surface area contributed by atoms with Crippen molar-refractivity contribution in [2.24, 2.45) is 0 Å². The fourth-order valence-corrected chi connectivity index (χ4v) is 2.86. The minimum atomic E-state index is -0.231. The number of anilines is 1. The second kappa shape index (κ2) is 6.55. The smallest absolute Gasteiger partial charge is 0.126 e. The molecule has 19 heavy (non-hydrogen) atoms. The highest BCUT2D eigenvalue weighted by Gasteiger charge is 2.27. The van der Waals surface area contributed by atoms with Crippen molar-refractivity contribution >= 4 is 17.4 Å². The Balaban J connectivity index is 2.07. The highest BCUT2D eigenvalue weighted by atomic mass is 35.5. The summed E-state index contributed by atoms with van der Waals surface area (Å²) in [7, 11) is 3.87. The summed E-state index contributed by atoms with van der Waals surface area (Å²) in [6.45, 7) is 0.663. The molecule has 106 valence electrons. The number of pyridine rings is 1. The monoisotopic (exact) mass is 283 g/mol. The molecule has 0 aromatic carbocycles. The summed E-state index contributed by atoms with van der Waals surface area (Å²) in [6, 6.07) is 3.94. The van der Waals surface area contributed by atoms with Crippen LogP contribution in [0.15, 0.2) is 12.1 Å². The van der Waals surface area contributed by atoms with Crippen molar-refractivity contribution < 1.29 is 5.11 Å². The van der Waals surface area contributed by atoms with Gasteiger partial charge >= 0.3 is 0 Å². The third-order valence-electron chi connectivity index (χ3n) is 3.83. The highest BCUT2D eigenvalue weighted by molar-refractivity contribution is 6.31. The van der Waals surface area contributed by atoms with Crippen molar-refractivity contribution in [3.8, 4) is 0 Å². The minimum Gasteiger partial charge on any atom is -0.391 e. The number of aromatic nitrogens is 1. The summed E-state index contributed by atoms with van der Waals surface area (Å²) in [5.41, 5.74) is 0.855. The third-order valence-corrected chi connectivity index (χ3v) is 4.18. The van der Waals surface area contributed by atoms with Gasteiger partial charge in [0.1, 0.15) is 5.82 Å². The molecule has 1 saturated carbocycles. The van der Waals surface area contributed by atoms with E-state index in [9.17, 15) is 5.11 Å². The van der Waals surface area contributed by atoms with Crippen molar-refractivity contribution in [1.29, 1.82) is 0 Å². The Morgan fingerprint density at radius 2 is 2.16 bits per heavy atom. The molecular weight excluding hydrogens is 262 g/mol. The molecular formula is C14H22ClN3O. The molecule has 0 radical (unpaired) electrons. The van der Waals surface area contributed by atoms with E-state index in [0.717, 1.165) is 30.8 Å². The van der Waals surface area contributed by atoms with Crippen LogP contribution < -0.4 is 5.32 Å². The molecule has 2 N–H and O–H groups in total. The van der Waals surface area contributed by atoms with Crippen molar-refractivity contribution in [2.45, 2.75) is 44.4 Å². The van der Waals surface area contributed by atoms with Gasteiger partial charge in [0, 0.05) is 19.6 Å². The topological polar surface area (TPSA) is 48.4 Å². The molecule has 0 bridgehead atoms. The third kappa shape index (κ3) is 3.59. The Kier molecular flexibility index (Phi) is 5.02. The lowest BCUT2D eigenvalue weighted by atomic mass is 9.91. The van der Waals surface area contributed by atoms with Gasteiger partial charge in [-0.1, -0.05) is 24.4 Å². The van der Waals surface area contributed by atoms with E-state index in [0.29, 0.717) is 11.6 Å². The number of hydrogen-bond donors (Lipinski definition) is 2. The molecule has 0 aliphatic heterocycles. The predicted octanol–water partition coefficient (Wildman–Crippen LogP) is 2.51. The van der Waals surface area contributed by atoms with Crippen LogP contribution in [0.1, 0.15) is 31.4 Å². The second-order valence-corrected chi connectivity index (χ2v) is 5.62. The van der Waals surface area contributed by atoms with Gasteiger partial charge in [0.05, 0.1) is 16.8 Å². The average Bonchev–Trinajstić information content (AvgIpc) is 2.41. The summed E-state index contributed by atoms with van der Waals surface area (Å²) in [5, 5.41) is 13.8. The first-order valence-electron chi connectivity index (χ1n) is 6.83. The SMILES string of the molecule is CNc1ccc(Cl)c(CN(C)C2CCCCC2O)n1. The molecule has 0 amide bonds. The predicted molar refractivity (Wildman–Crippen MR) is 78.5 cm³/mol. The summed E-state index contributed by atoms with van der Waals surface area (Å²) in [4.78, 5) is 6.65. The normalized spacial score (nSPS) is 23.6. The lowest BCUT2D eigenvalue weighted by molar-refractivity contribution is 0.0284. The number of rotatable bonds is 4. The largest absolute Gasteiger partial charge is 0.391 e. The van der Waals surface area contributed by atoms with Crippen molar-refractivity contribution in [3.63, 3.8) is 0 Å². The van der Waals surface area contributed by atoms with E-state index in [4.69, 9.17) is 11.6 Å². The first-order chi connectivity index (χ1) is 9.11. The minimum absolute atomic E-state index is 0.213. The maximum Gasteiger partial charge on any atom is 0.126 e. The molecule has 1 aliphatic carbocycles. The number of nitrogens with zero attached hydrogens (tertiary/aromatic N) is 2. The summed E-state index contributed by atoms with van der Waals surface area (Å²) >= 11 is 6.19. The number of aliphatic hydroxyl groups excluding tert-OH is 1. The number of aliphatic hydroxyl groups is 1. The van der Waals surface area contributed by atoms with Crippen LogP contribution in [0.2, 0.25) is 5.02 Å². The van der Waals surface area contributed by atoms with Gasteiger partial charge in [-0.05, 0) is 32.0 Å². The van der Waals surface area contributed by atoms with Crippen LogP contribution in [0.5, 0.6) is 0 Å². The Morgan fingerprint density at radius 3 is 2.84 bits per heavy atom. The first kappa shape index (κ1) is 14.6. The molecule has 1 aromatic heterocycles. The standard InChI is InChI=1S/C14H22ClN3O/c1-16-14-8-7-10(15)11(17-14)9-18(2)12-5-3-4-6-13(12)19/h7-8,12-13,19H,3-6,9H2,1-2H3,(H,16,17). The fraction of sp³-hybridized carbons (Fsp3) is 0.643. The van der Waals surface area contributed by atoms with E-state index in [2.05, 4.69) is 15.2 Å². The summed E-state index contributed by atoms with van der Waals surface area (Å²) in [6.07, 6.45) is 4.02. The Bertz CT molecular complexity index is 427. The number of hydrogen-bond acceptors (Lipinski definition) is 4. The number of likely N-dealkylation sites (N-methyl/N-ethyl adjacent to an activating group) is 1. The molecule has 2 rings (SSSR count). The van der Waals surface area contributed by atoms with Crippen molar-refractivity contribution in [3.05, 3.63) is 22.8 Å². The van der Waals surface area contributed by atoms with E-state index in [1.165, 1.54) is 6.42 Å². The van der Waals surface area contributed by atoms with Gasteiger partial charge in [0.2, 0.25) is 0 Å². The molecule has 1 aromatic rings. The molecule has 2 unspecified atom stereocenters. The molecule has 1 fully saturated rings. The zero-order chi connectivity index (χ0) is 13.8. The van der Waals surface area contributed by atoms with Gasteiger partial charge in [-0.3, -0.25) is 4.90 Å². The van der Waals surface area contributed by atoms with E-state index < -0.39 is 0 Å². The number of halogens is 1. The van der Waals surface area contributed by atoms with E-state index in [1.54, 1.807) is 0 Å². The lowest BCUT2D eigenvalue weighted by Crippen LogP contribution is -2.43. The molecule has 0 spiro atoms. The first-order valence-corrected chi connectivity index (χ1v) is 7.21. The van der Waals surface area contributed by atoms with Gasteiger partial charge in [-0.2, -0.15) is 0 Å². The number of nitrogens with one attached hydrogen (secondary N) is 1. The van der Waals surface area contributed by atoms with Crippen molar-refractivity contribution in [2.75, 3.05) is 19.4 Å². The van der Waals surface area contributed by atoms with E-state index in [-0.39, 0.29) is 12.1 Å². The van der Waals surface area contributed by atoms with Gasteiger partial charge in [-0.15, -0.1) is 0 Å². The molecule has 5 heteroatoms. The summed E-state index contributed by atoms with van der Waals surface area (Å²) < 4.78 is 0. The molecule has 1 aliphatic rings. The Morgan fingerprint density at radius 1 is 1.42 bits per heavy atom. The molecule has 1 heterocycles. The Labute approximate surface area is 119 Å². The maximum atomic E-state index is 10.1. The van der Waals surface area contributed by atoms with Crippen LogP contribution >= 0.6 is 11.6 Å². The molecule has 0 saturated heterocycles. The van der Waals surface area contributed by atoms with E-state index >= 15 is 0 Å². The van der Waals surface area contributed by atoms with E-state index in [1.807, 2.05) is 26.2 Å².